The molecule has 2 atom stereocenters. The quantitative estimate of drug-likeness (QED) is 0.792. The van der Waals surface area contributed by atoms with Gasteiger partial charge in [0, 0.05) is 24.2 Å². The van der Waals surface area contributed by atoms with Crippen LogP contribution in [0.2, 0.25) is 0 Å². The van der Waals surface area contributed by atoms with E-state index in [0.717, 1.165) is 12.1 Å². The molecule has 1 heterocycles. The van der Waals surface area contributed by atoms with Crippen LogP contribution in [-0.4, -0.2) is 44.4 Å². The van der Waals surface area contributed by atoms with Crippen molar-refractivity contribution >= 4 is 0 Å². The standard InChI is InChI=1S/C16H20F2N4O/c1-4-7-21(3)12(2)16(23,9-22-11-19-10-20-22)14-6-5-13(17)8-15(14)18/h4-6,8,10-12,23H,1,7,9H2,2-3H3/t12-,16-/m0/s1. The van der Waals surface area contributed by atoms with Gasteiger partial charge in [0.05, 0.1) is 6.54 Å². The molecule has 0 unspecified atom stereocenters. The highest BCUT2D eigenvalue weighted by Gasteiger charge is 2.40. The minimum atomic E-state index is -1.62. The van der Waals surface area contributed by atoms with Gasteiger partial charge in [-0.05, 0) is 20.0 Å². The summed E-state index contributed by atoms with van der Waals surface area (Å²) in [5, 5.41) is 15.2. The van der Waals surface area contributed by atoms with Gasteiger partial charge in [0.2, 0.25) is 0 Å². The van der Waals surface area contributed by atoms with Gasteiger partial charge in [-0.2, -0.15) is 5.10 Å². The van der Waals surface area contributed by atoms with Crippen molar-refractivity contribution in [1.82, 2.24) is 19.7 Å². The Balaban J connectivity index is 2.47. The Hall–Kier alpha value is -2.12. The molecule has 23 heavy (non-hydrogen) atoms. The van der Waals surface area contributed by atoms with Crippen LogP contribution in [-0.2, 0) is 12.1 Å². The van der Waals surface area contributed by atoms with Gasteiger partial charge in [0.25, 0.3) is 0 Å². The van der Waals surface area contributed by atoms with Crippen molar-refractivity contribution in [3.05, 3.63) is 60.7 Å². The van der Waals surface area contributed by atoms with Crippen LogP contribution in [0.3, 0.4) is 0 Å². The molecule has 1 aromatic carbocycles. The van der Waals surface area contributed by atoms with E-state index in [2.05, 4.69) is 16.7 Å². The molecule has 0 fully saturated rings. The first-order valence-corrected chi connectivity index (χ1v) is 7.20. The van der Waals surface area contributed by atoms with Crippen LogP contribution >= 0.6 is 0 Å². The van der Waals surface area contributed by atoms with Crippen LogP contribution in [0.15, 0.2) is 43.5 Å². The number of likely N-dealkylation sites (N-methyl/N-ethyl adjacent to an activating group) is 1. The second kappa shape index (κ2) is 6.97. The molecular weight excluding hydrogens is 302 g/mol. The summed E-state index contributed by atoms with van der Waals surface area (Å²) in [5.74, 6) is -1.49. The number of aromatic nitrogens is 3. The monoisotopic (exact) mass is 322 g/mol. The van der Waals surface area contributed by atoms with E-state index >= 15 is 0 Å². The average Bonchev–Trinajstić information content (AvgIpc) is 2.99. The topological polar surface area (TPSA) is 54.2 Å². The molecule has 0 radical (unpaired) electrons. The number of nitrogens with zero attached hydrogens (tertiary/aromatic N) is 4. The molecule has 1 aromatic heterocycles. The highest BCUT2D eigenvalue weighted by atomic mass is 19.1. The van der Waals surface area contributed by atoms with Gasteiger partial charge in [0.15, 0.2) is 0 Å². The summed E-state index contributed by atoms with van der Waals surface area (Å²) in [6.45, 7) is 5.92. The van der Waals surface area contributed by atoms with E-state index in [1.54, 1.807) is 20.0 Å². The van der Waals surface area contributed by atoms with Gasteiger partial charge in [-0.25, -0.2) is 18.4 Å². The lowest BCUT2D eigenvalue weighted by atomic mass is 9.85. The molecule has 0 saturated heterocycles. The zero-order chi connectivity index (χ0) is 17.0. The maximum absolute atomic E-state index is 14.3. The van der Waals surface area contributed by atoms with Crippen LogP contribution < -0.4 is 0 Å². The molecule has 2 aromatic rings. The predicted molar refractivity (Wildman–Crippen MR) is 82.6 cm³/mol. The third kappa shape index (κ3) is 3.62. The summed E-state index contributed by atoms with van der Waals surface area (Å²) in [5.41, 5.74) is -1.61. The molecular formula is C16H20F2N4O. The maximum Gasteiger partial charge on any atom is 0.137 e. The fourth-order valence-corrected chi connectivity index (χ4v) is 2.57. The summed E-state index contributed by atoms with van der Waals surface area (Å²) in [6, 6.07) is 2.68. The first kappa shape index (κ1) is 17.2. The zero-order valence-electron chi connectivity index (χ0n) is 13.2. The number of hydrogen-bond donors (Lipinski definition) is 1. The number of hydrogen-bond acceptors (Lipinski definition) is 4. The Bertz CT molecular complexity index is 662. The van der Waals surface area contributed by atoms with Crippen LogP contribution in [0, 0.1) is 11.6 Å². The molecule has 1 N–H and O–H groups in total. The molecule has 0 saturated carbocycles. The van der Waals surface area contributed by atoms with Crippen LogP contribution in [0.4, 0.5) is 8.78 Å². The molecule has 0 aliphatic heterocycles. The van der Waals surface area contributed by atoms with E-state index < -0.39 is 23.3 Å². The first-order valence-electron chi connectivity index (χ1n) is 7.20. The van der Waals surface area contributed by atoms with Gasteiger partial charge in [0.1, 0.15) is 29.9 Å². The molecule has 0 amide bonds. The van der Waals surface area contributed by atoms with E-state index in [1.165, 1.54) is 23.4 Å². The second-order valence-corrected chi connectivity index (χ2v) is 5.55. The van der Waals surface area contributed by atoms with Crippen molar-refractivity contribution in [3.8, 4) is 0 Å². The van der Waals surface area contributed by atoms with Crippen molar-refractivity contribution in [2.45, 2.75) is 25.1 Å². The predicted octanol–water partition coefficient (Wildman–Crippen LogP) is 1.95. The Morgan fingerprint density at radius 3 is 2.78 bits per heavy atom. The molecule has 124 valence electrons. The van der Waals surface area contributed by atoms with E-state index in [-0.39, 0.29) is 12.1 Å². The molecule has 0 aliphatic rings. The minimum absolute atomic E-state index is 0.0119. The van der Waals surface area contributed by atoms with Gasteiger partial charge in [-0.15, -0.1) is 6.58 Å². The first-order chi connectivity index (χ1) is 10.9. The Morgan fingerprint density at radius 2 is 2.22 bits per heavy atom. The molecule has 0 bridgehead atoms. The van der Waals surface area contributed by atoms with Gasteiger partial charge < -0.3 is 5.11 Å². The van der Waals surface area contributed by atoms with Gasteiger partial charge in [-0.1, -0.05) is 12.1 Å². The van der Waals surface area contributed by atoms with E-state index in [1.807, 2.05) is 4.90 Å². The third-order valence-electron chi connectivity index (χ3n) is 4.04. The van der Waals surface area contributed by atoms with Crippen molar-refractivity contribution in [1.29, 1.82) is 0 Å². The van der Waals surface area contributed by atoms with Gasteiger partial charge in [-0.3, -0.25) is 4.90 Å². The van der Waals surface area contributed by atoms with Crippen molar-refractivity contribution in [2.75, 3.05) is 13.6 Å². The summed E-state index contributed by atoms with van der Waals surface area (Å²) in [7, 11) is 1.79. The lowest BCUT2D eigenvalue weighted by molar-refractivity contribution is -0.0543. The average molecular weight is 322 g/mol. The SMILES string of the molecule is C=CCN(C)[C@@H](C)[C@@](O)(Cn1cncn1)c1ccc(F)cc1F. The van der Waals surface area contributed by atoms with E-state index in [9.17, 15) is 13.9 Å². The van der Waals surface area contributed by atoms with E-state index in [4.69, 9.17) is 0 Å². The summed E-state index contributed by atoms with van der Waals surface area (Å²) >= 11 is 0. The van der Waals surface area contributed by atoms with Crippen LogP contribution in [0.25, 0.3) is 0 Å². The maximum atomic E-state index is 14.3. The third-order valence-corrected chi connectivity index (χ3v) is 4.04. The highest BCUT2D eigenvalue weighted by Crippen LogP contribution is 2.32. The number of rotatable bonds is 7. The lowest BCUT2D eigenvalue weighted by Crippen LogP contribution is -2.50. The number of halogens is 2. The smallest absolute Gasteiger partial charge is 0.137 e. The Kier molecular flexibility index (Phi) is 5.23. The molecule has 2 rings (SSSR count). The largest absolute Gasteiger partial charge is 0.381 e. The van der Waals surface area contributed by atoms with Crippen molar-refractivity contribution < 1.29 is 13.9 Å². The van der Waals surface area contributed by atoms with Crippen LogP contribution in [0.1, 0.15) is 12.5 Å². The zero-order valence-corrected chi connectivity index (χ0v) is 13.2. The molecule has 0 spiro atoms. The lowest BCUT2D eigenvalue weighted by Gasteiger charge is -2.39. The molecule has 5 nitrogen and oxygen atoms in total. The van der Waals surface area contributed by atoms with Gasteiger partial charge >= 0.3 is 0 Å². The minimum Gasteiger partial charge on any atom is -0.381 e. The fraction of sp³-hybridized carbons (Fsp3) is 0.375. The van der Waals surface area contributed by atoms with Crippen molar-refractivity contribution in [2.24, 2.45) is 0 Å². The number of benzene rings is 1. The van der Waals surface area contributed by atoms with Crippen LogP contribution in [0.5, 0.6) is 0 Å². The second-order valence-electron chi connectivity index (χ2n) is 5.55. The molecule has 0 aliphatic carbocycles. The summed E-state index contributed by atoms with van der Waals surface area (Å²) in [6.07, 6.45) is 4.46. The summed E-state index contributed by atoms with van der Waals surface area (Å²) < 4.78 is 28.9. The normalized spacial score (nSPS) is 15.4. The summed E-state index contributed by atoms with van der Waals surface area (Å²) in [4.78, 5) is 5.66. The Labute approximate surface area is 133 Å². The molecule has 7 heteroatoms. The van der Waals surface area contributed by atoms with Crippen molar-refractivity contribution in [3.63, 3.8) is 0 Å². The fourth-order valence-electron chi connectivity index (χ4n) is 2.57. The Morgan fingerprint density at radius 1 is 1.48 bits per heavy atom. The van der Waals surface area contributed by atoms with E-state index in [0.29, 0.717) is 6.54 Å². The number of aliphatic hydroxyl groups is 1. The highest BCUT2D eigenvalue weighted by molar-refractivity contribution is 5.27.